The first-order chi connectivity index (χ1) is 11.9. The lowest BCUT2D eigenvalue weighted by molar-refractivity contribution is -0.115. The lowest BCUT2D eigenvalue weighted by atomic mass is 10.1. The lowest BCUT2D eigenvalue weighted by Gasteiger charge is -2.02. The molecule has 0 atom stereocenters. The fraction of sp³-hybridized carbons (Fsp3) is 0.176. The smallest absolute Gasteiger partial charge is 0.264 e. The predicted molar refractivity (Wildman–Crippen MR) is 103 cm³/mol. The molecule has 1 aromatic carbocycles. The van der Waals surface area contributed by atoms with E-state index in [4.69, 9.17) is 0 Å². The summed E-state index contributed by atoms with van der Waals surface area (Å²) >= 11 is 2.59. The maximum Gasteiger partial charge on any atom is 0.264 e. The number of carbonyl (C=O) groups is 2. The minimum atomic E-state index is -0.192. The molecule has 25 heavy (non-hydrogen) atoms. The number of anilines is 1. The van der Waals surface area contributed by atoms with E-state index >= 15 is 0 Å². The van der Waals surface area contributed by atoms with Gasteiger partial charge in [0.25, 0.3) is 5.91 Å². The van der Waals surface area contributed by atoms with E-state index in [-0.39, 0.29) is 11.8 Å². The standard InChI is InChI=1S/C17H16N4O2S2/c1-9-4-5-13(10(2)6-9)20-17-21-15(23)14(25-17)7-12-8-18-16(24-12)19-11(3)22/h4-8H,1-3H3,(H,18,19,22)(H,20,21,23). The van der Waals surface area contributed by atoms with Crippen molar-refractivity contribution in [3.05, 3.63) is 45.3 Å². The summed E-state index contributed by atoms with van der Waals surface area (Å²) in [6.45, 7) is 5.45. The Morgan fingerprint density at radius 2 is 2.16 bits per heavy atom. The molecular weight excluding hydrogens is 356 g/mol. The van der Waals surface area contributed by atoms with Crippen molar-refractivity contribution in [1.29, 1.82) is 0 Å². The van der Waals surface area contributed by atoms with Gasteiger partial charge in [0.15, 0.2) is 10.3 Å². The molecule has 2 aromatic rings. The number of carbonyl (C=O) groups excluding carboxylic acids is 2. The summed E-state index contributed by atoms with van der Waals surface area (Å²) in [7, 11) is 0. The normalized spacial score (nSPS) is 17.2. The van der Waals surface area contributed by atoms with Crippen molar-refractivity contribution in [2.45, 2.75) is 20.8 Å². The number of thioether (sulfide) groups is 1. The van der Waals surface area contributed by atoms with Crippen molar-refractivity contribution in [3.8, 4) is 0 Å². The molecule has 0 radical (unpaired) electrons. The van der Waals surface area contributed by atoms with Gasteiger partial charge in [-0.15, -0.1) is 0 Å². The minimum Gasteiger partial charge on any atom is -0.302 e. The first-order valence-corrected chi connectivity index (χ1v) is 9.14. The van der Waals surface area contributed by atoms with Crippen LogP contribution in [-0.2, 0) is 9.59 Å². The number of hydrogen-bond acceptors (Lipinski definition) is 6. The summed E-state index contributed by atoms with van der Waals surface area (Å²) in [4.78, 5) is 33.1. The monoisotopic (exact) mass is 372 g/mol. The predicted octanol–water partition coefficient (Wildman–Crippen LogP) is 3.61. The number of nitrogens with zero attached hydrogens (tertiary/aromatic N) is 2. The SMILES string of the molecule is CC(=O)Nc1ncc(C=C2SC(=Nc3ccc(C)cc3C)NC2=O)s1. The maximum absolute atomic E-state index is 12.1. The topological polar surface area (TPSA) is 83.4 Å². The summed E-state index contributed by atoms with van der Waals surface area (Å²) in [6.07, 6.45) is 3.36. The first kappa shape index (κ1) is 17.4. The second-order valence-corrected chi connectivity index (χ2v) is 7.61. The van der Waals surface area contributed by atoms with Crippen LogP contribution in [-0.4, -0.2) is 22.0 Å². The van der Waals surface area contributed by atoms with E-state index in [9.17, 15) is 9.59 Å². The molecule has 8 heteroatoms. The van der Waals surface area contributed by atoms with Crippen molar-refractivity contribution in [3.63, 3.8) is 0 Å². The van der Waals surface area contributed by atoms with Crippen LogP contribution in [0.3, 0.4) is 0 Å². The molecule has 1 saturated heterocycles. The van der Waals surface area contributed by atoms with Crippen LogP contribution in [0.4, 0.5) is 10.8 Å². The van der Waals surface area contributed by atoms with Gasteiger partial charge in [0.05, 0.1) is 15.5 Å². The third-order valence-corrected chi connectivity index (χ3v) is 5.07. The van der Waals surface area contributed by atoms with Crippen LogP contribution < -0.4 is 10.6 Å². The zero-order valence-corrected chi connectivity index (χ0v) is 15.5. The number of amidine groups is 1. The second kappa shape index (κ2) is 7.20. The summed E-state index contributed by atoms with van der Waals surface area (Å²) < 4.78 is 0. The molecule has 2 N–H and O–H groups in total. The maximum atomic E-state index is 12.1. The quantitative estimate of drug-likeness (QED) is 0.806. The van der Waals surface area contributed by atoms with Crippen molar-refractivity contribution >= 4 is 57.0 Å². The van der Waals surface area contributed by atoms with Crippen molar-refractivity contribution in [1.82, 2.24) is 10.3 Å². The van der Waals surface area contributed by atoms with E-state index in [0.717, 1.165) is 16.1 Å². The van der Waals surface area contributed by atoms with Crippen molar-refractivity contribution in [2.24, 2.45) is 4.99 Å². The van der Waals surface area contributed by atoms with Crippen LogP contribution >= 0.6 is 23.1 Å². The zero-order valence-electron chi connectivity index (χ0n) is 13.9. The number of aryl methyl sites for hydroxylation is 2. The summed E-state index contributed by atoms with van der Waals surface area (Å²) in [5.41, 5.74) is 3.06. The fourth-order valence-corrected chi connectivity index (χ4v) is 3.92. The molecule has 1 aliphatic rings. The highest BCUT2D eigenvalue weighted by Gasteiger charge is 2.24. The second-order valence-electron chi connectivity index (χ2n) is 5.52. The molecular formula is C17H16N4O2S2. The molecule has 0 spiro atoms. The summed E-state index contributed by atoms with van der Waals surface area (Å²) in [5.74, 6) is -0.368. The Labute approximate surface area is 153 Å². The molecule has 3 rings (SSSR count). The Morgan fingerprint density at radius 3 is 2.88 bits per heavy atom. The fourth-order valence-electron chi connectivity index (χ4n) is 2.21. The van der Waals surface area contributed by atoms with Gasteiger partial charge in [-0.2, -0.15) is 0 Å². The molecule has 0 saturated carbocycles. The van der Waals surface area contributed by atoms with E-state index in [0.29, 0.717) is 15.2 Å². The number of nitrogens with one attached hydrogen (secondary N) is 2. The molecule has 0 aliphatic carbocycles. The molecule has 1 aromatic heterocycles. The first-order valence-electron chi connectivity index (χ1n) is 7.51. The van der Waals surface area contributed by atoms with Crippen LogP contribution in [0.5, 0.6) is 0 Å². The van der Waals surface area contributed by atoms with Gasteiger partial charge in [-0.25, -0.2) is 9.98 Å². The number of thiazole rings is 1. The van der Waals surface area contributed by atoms with E-state index in [2.05, 4.69) is 26.7 Å². The van der Waals surface area contributed by atoms with Crippen LogP contribution in [0.1, 0.15) is 22.9 Å². The molecule has 2 heterocycles. The Hall–Kier alpha value is -2.45. The largest absolute Gasteiger partial charge is 0.302 e. The number of hydrogen-bond donors (Lipinski definition) is 2. The molecule has 1 fully saturated rings. The molecule has 0 bridgehead atoms. The van der Waals surface area contributed by atoms with E-state index in [1.54, 1.807) is 12.3 Å². The highest BCUT2D eigenvalue weighted by atomic mass is 32.2. The van der Waals surface area contributed by atoms with Gasteiger partial charge in [0.1, 0.15) is 0 Å². The van der Waals surface area contributed by atoms with E-state index in [1.165, 1.54) is 35.6 Å². The Kier molecular flexibility index (Phi) is 5.00. The molecule has 1 aliphatic heterocycles. The van der Waals surface area contributed by atoms with Crippen LogP contribution in [0, 0.1) is 13.8 Å². The molecule has 2 amide bonds. The van der Waals surface area contributed by atoms with Crippen LogP contribution in [0.15, 0.2) is 34.3 Å². The molecule has 128 valence electrons. The number of amides is 2. The van der Waals surface area contributed by atoms with Gasteiger partial charge in [-0.05, 0) is 43.3 Å². The zero-order chi connectivity index (χ0) is 18.0. The van der Waals surface area contributed by atoms with Gasteiger partial charge in [-0.3, -0.25) is 9.59 Å². The van der Waals surface area contributed by atoms with Gasteiger partial charge < -0.3 is 10.6 Å². The summed E-state index contributed by atoms with van der Waals surface area (Å²) in [6, 6.07) is 5.99. The van der Waals surface area contributed by atoms with Gasteiger partial charge in [0.2, 0.25) is 5.91 Å². The van der Waals surface area contributed by atoms with Gasteiger partial charge in [0, 0.05) is 13.1 Å². The average Bonchev–Trinajstić information content (AvgIpc) is 3.09. The third-order valence-electron chi connectivity index (χ3n) is 3.31. The Morgan fingerprint density at radius 1 is 1.36 bits per heavy atom. The Bertz CT molecular complexity index is 915. The highest BCUT2D eigenvalue weighted by molar-refractivity contribution is 8.18. The number of aromatic nitrogens is 1. The van der Waals surface area contributed by atoms with E-state index < -0.39 is 0 Å². The van der Waals surface area contributed by atoms with Crippen molar-refractivity contribution in [2.75, 3.05) is 5.32 Å². The van der Waals surface area contributed by atoms with Crippen molar-refractivity contribution < 1.29 is 9.59 Å². The molecule has 0 unspecified atom stereocenters. The van der Waals surface area contributed by atoms with Gasteiger partial charge in [-0.1, -0.05) is 29.0 Å². The number of aliphatic imine (C=N–C) groups is 1. The lowest BCUT2D eigenvalue weighted by Crippen LogP contribution is -2.19. The minimum absolute atomic E-state index is 0.176. The number of rotatable bonds is 3. The van der Waals surface area contributed by atoms with Crippen LogP contribution in [0.25, 0.3) is 6.08 Å². The Balaban J connectivity index is 1.79. The molecule has 6 nitrogen and oxygen atoms in total. The average molecular weight is 372 g/mol. The van der Waals surface area contributed by atoms with Gasteiger partial charge >= 0.3 is 0 Å². The van der Waals surface area contributed by atoms with Crippen LogP contribution in [0.2, 0.25) is 0 Å². The summed E-state index contributed by atoms with van der Waals surface area (Å²) in [5, 5.41) is 6.45. The highest BCUT2D eigenvalue weighted by Crippen LogP contribution is 2.31. The van der Waals surface area contributed by atoms with E-state index in [1.807, 2.05) is 26.0 Å². The number of benzene rings is 1. The third kappa shape index (κ3) is 4.34.